The van der Waals surface area contributed by atoms with E-state index in [1.165, 1.54) is 12.1 Å². The van der Waals surface area contributed by atoms with E-state index in [9.17, 15) is 18.4 Å². The van der Waals surface area contributed by atoms with Gasteiger partial charge in [0.25, 0.3) is 12.0 Å². The fourth-order valence-corrected chi connectivity index (χ4v) is 4.04. The topological polar surface area (TPSA) is 99.1 Å². The van der Waals surface area contributed by atoms with Crippen molar-refractivity contribution in [2.24, 2.45) is 0 Å². The molecule has 0 spiro atoms. The molecule has 0 aliphatic heterocycles. The highest BCUT2D eigenvalue weighted by molar-refractivity contribution is 9.10. The maximum absolute atomic E-state index is 12.9. The van der Waals surface area contributed by atoms with Gasteiger partial charge in [-0.2, -0.15) is 5.10 Å². The van der Waals surface area contributed by atoms with Crippen LogP contribution in [0.5, 0.6) is 5.75 Å². The molecule has 4 aromatic rings. The Balaban J connectivity index is 1.74. The van der Waals surface area contributed by atoms with Crippen LogP contribution in [0.25, 0.3) is 21.8 Å². The summed E-state index contributed by atoms with van der Waals surface area (Å²) >= 11 is 9.56. The van der Waals surface area contributed by atoms with Gasteiger partial charge >= 0.3 is 5.97 Å². The maximum Gasteiger partial charge on any atom is 0.327 e. The van der Waals surface area contributed by atoms with Crippen LogP contribution in [0.3, 0.4) is 0 Å². The number of carbonyl (C=O) groups excluding carboxylic acids is 1. The molecule has 4 rings (SSSR count). The number of fused-ring (bicyclic) bond motifs is 2. The number of halogens is 4. The number of hydrogen-bond donors (Lipinski definition) is 1. The van der Waals surface area contributed by atoms with Gasteiger partial charge in [-0.3, -0.25) is 9.59 Å². The lowest BCUT2D eigenvalue weighted by atomic mass is 10.1. The molecule has 0 aliphatic carbocycles. The Kier molecular flexibility index (Phi) is 7.13. The summed E-state index contributed by atoms with van der Waals surface area (Å²) < 4.78 is 36.8. The molecule has 34 heavy (non-hydrogen) atoms. The highest BCUT2D eigenvalue weighted by Gasteiger charge is 2.17. The van der Waals surface area contributed by atoms with Crippen LogP contribution in [0.1, 0.15) is 18.4 Å². The van der Waals surface area contributed by atoms with Crippen molar-refractivity contribution < 1.29 is 23.0 Å². The molecule has 0 unspecified atom stereocenters. The van der Waals surface area contributed by atoms with Crippen molar-refractivity contribution in [2.45, 2.75) is 26.3 Å². The lowest BCUT2D eigenvalue weighted by molar-refractivity contribution is -0.144. The first kappa shape index (κ1) is 24.1. The van der Waals surface area contributed by atoms with E-state index in [4.69, 9.17) is 21.1 Å². The molecule has 0 atom stereocenters. The average Bonchev–Trinajstić information content (AvgIpc) is 3.16. The Labute approximate surface area is 205 Å². The van der Waals surface area contributed by atoms with E-state index < -0.39 is 24.6 Å². The van der Waals surface area contributed by atoms with Crippen molar-refractivity contribution in [2.75, 3.05) is 13.2 Å². The Bertz CT molecular complexity index is 1440. The van der Waals surface area contributed by atoms with Gasteiger partial charge in [-0.25, -0.2) is 18.4 Å². The zero-order chi connectivity index (χ0) is 24.4. The number of carbonyl (C=O) groups is 1. The minimum absolute atomic E-state index is 0.100. The molecule has 0 saturated carbocycles. The summed E-state index contributed by atoms with van der Waals surface area (Å²) in [6.07, 6.45) is -2.44. The van der Waals surface area contributed by atoms with Gasteiger partial charge in [0.1, 0.15) is 24.7 Å². The van der Waals surface area contributed by atoms with E-state index in [2.05, 4.69) is 31.0 Å². The Hall–Kier alpha value is -3.05. The molecule has 8 nitrogen and oxygen atoms in total. The van der Waals surface area contributed by atoms with Gasteiger partial charge in [-0.15, -0.1) is 0 Å². The van der Waals surface area contributed by atoms with E-state index in [-0.39, 0.29) is 30.3 Å². The second-order valence-electron chi connectivity index (χ2n) is 7.27. The minimum Gasteiger partial charge on any atom is -0.486 e. The first-order chi connectivity index (χ1) is 16.2. The number of nitrogens with zero attached hydrogens (tertiary/aromatic N) is 3. The number of H-pyrrole nitrogens is 1. The SMILES string of the molecule is CCOC(=O)Cn1nc(Cc2nc3cc(OCC(F)F)c(Cl)cc3[nH]2)c2cc(Br)ccc2c1=O. The third kappa shape index (κ3) is 5.20. The summed E-state index contributed by atoms with van der Waals surface area (Å²) in [6, 6.07) is 8.16. The largest absolute Gasteiger partial charge is 0.486 e. The number of ether oxygens (including phenoxy) is 2. The number of aromatic nitrogens is 4. The normalized spacial score (nSPS) is 11.5. The molecule has 2 heterocycles. The standard InChI is InChI=1S/C22H18BrClF2N4O4/c1-2-33-21(31)9-30-22(32)12-4-3-11(23)5-13(12)15(29-30)8-20-27-16-6-14(24)18(7-17(16)28-20)34-10-19(25)26/h3-7,19H,2,8-10H2,1H3,(H,27,28). The first-order valence-electron chi connectivity index (χ1n) is 10.2. The van der Waals surface area contributed by atoms with E-state index in [0.717, 1.165) is 9.15 Å². The minimum atomic E-state index is -2.63. The second kappa shape index (κ2) is 10.1. The van der Waals surface area contributed by atoms with Crippen LogP contribution in [0.15, 0.2) is 39.6 Å². The van der Waals surface area contributed by atoms with Crippen molar-refractivity contribution >= 4 is 55.3 Å². The molecule has 0 amide bonds. The molecule has 0 aliphatic rings. The highest BCUT2D eigenvalue weighted by Crippen LogP contribution is 2.30. The molecule has 0 bridgehead atoms. The van der Waals surface area contributed by atoms with Gasteiger partial charge in [-0.05, 0) is 31.2 Å². The number of alkyl halides is 2. The lowest BCUT2D eigenvalue weighted by Crippen LogP contribution is -2.29. The van der Waals surface area contributed by atoms with E-state index in [1.54, 1.807) is 25.1 Å². The van der Waals surface area contributed by atoms with Crippen LogP contribution < -0.4 is 10.3 Å². The average molecular weight is 556 g/mol. The lowest BCUT2D eigenvalue weighted by Gasteiger charge is -2.10. The zero-order valence-electron chi connectivity index (χ0n) is 17.8. The van der Waals surface area contributed by atoms with Gasteiger partial charge in [-0.1, -0.05) is 27.5 Å². The van der Waals surface area contributed by atoms with Crippen molar-refractivity contribution in [1.29, 1.82) is 0 Å². The predicted octanol–water partition coefficient (Wildman–Crippen LogP) is 4.49. The Morgan fingerprint density at radius 1 is 1.26 bits per heavy atom. The Morgan fingerprint density at radius 3 is 2.79 bits per heavy atom. The smallest absolute Gasteiger partial charge is 0.327 e. The molecule has 12 heteroatoms. The molecule has 178 valence electrons. The zero-order valence-corrected chi connectivity index (χ0v) is 20.1. The van der Waals surface area contributed by atoms with Crippen molar-refractivity contribution in [3.05, 3.63) is 61.7 Å². The predicted molar refractivity (Wildman–Crippen MR) is 126 cm³/mol. The number of nitrogens with one attached hydrogen (secondary N) is 1. The summed E-state index contributed by atoms with van der Waals surface area (Å²) in [4.78, 5) is 32.5. The number of rotatable bonds is 8. The number of hydrogen-bond acceptors (Lipinski definition) is 6. The number of esters is 1. The quantitative estimate of drug-likeness (QED) is 0.322. The van der Waals surface area contributed by atoms with Crippen molar-refractivity contribution in [3.8, 4) is 5.75 Å². The van der Waals surface area contributed by atoms with Gasteiger partial charge in [0.15, 0.2) is 0 Å². The summed E-state index contributed by atoms with van der Waals surface area (Å²) in [5.41, 5.74) is 1.12. The van der Waals surface area contributed by atoms with E-state index in [1.807, 2.05) is 0 Å². The van der Waals surface area contributed by atoms with Crippen LogP contribution in [0, 0.1) is 0 Å². The monoisotopic (exact) mass is 554 g/mol. The van der Waals surface area contributed by atoms with Gasteiger partial charge in [0, 0.05) is 15.9 Å². The summed E-state index contributed by atoms with van der Waals surface area (Å²) in [7, 11) is 0. The number of imidazole rings is 1. The van der Waals surface area contributed by atoms with Crippen LogP contribution in [0.4, 0.5) is 8.78 Å². The molecule has 0 saturated heterocycles. The summed E-state index contributed by atoms with van der Waals surface area (Å²) in [5, 5.41) is 5.55. The summed E-state index contributed by atoms with van der Waals surface area (Å²) in [6.45, 7) is 0.752. The van der Waals surface area contributed by atoms with Crippen LogP contribution in [-0.4, -0.2) is 45.4 Å². The first-order valence-corrected chi connectivity index (χ1v) is 11.4. The fraction of sp³-hybridized carbons (Fsp3) is 0.273. The van der Waals surface area contributed by atoms with Crippen molar-refractivity contribution in [1.82, 2.24) is 19.7 Å². The molecule has 1 N–H and O–H groups in total. The van der Waals surface area contributed by atoms with Crippen LogP contribution >= 0.6 is 27.5 Å². The molecular weight excluding hydrogens is 538 g/mol. The Morgan fingerprint density at radius 2 is 2.06 bits per heavy atom. The third-order valence-corrected chi connectivity index (χ3v) is 5.66. The van der Waals surface area contributed by atoms with Crippen LogP contribution in [0.2, 0.25) is 5.02 Å². The van der Waals surface area contributed by atoms with Gasteiger partial charge < -0.3 is 14.5 Å². The van der Waals surface area contributed by atoms with E-state index in [0.29, 0.717) is 33.3 Å². The van der Waals surface area contributed by atoms with Crippen LogP contribution in [-0.2, 0) is 22.5 Å². The molecular formula is C22H18BrClF2N4O4. The van der Waals surface area contributed by atoms with E-state index >= 15 is 0 Å². The molecule has 0 fully saturated rings. The summed E-state index contributed by atoms with van der Waals surface area (Å²) in [5.74, 6) is 0.0180. The fourth-order valence-electron chi connectivity index (χ4n) is 3.46. The molecule has 2 aromatic carbocycles. The third-order valence-electron chi connectivity index (χ3n) is 4.87. The highest BCUT2D eigenvalue weighted by atomic mass is 79.9. The number of aromatic amines is 1. The number of benzene rings is 2. The molecule has 2 aromatic heterocycles. The van der Waals surface area contributed by atoms with Gasteiger partial charge in [0.2, 0.25) is 0 Å². The van der Waals surface area contributed by atoms with Gasteiger partial charge in [0.05, 0.1) is 40.2 Å². The second-order valence-corrected chi connectivity index (χ2v) is 8.59. The maximum atomic E-state index is 12.9. The van der Waals surface area contributed by atoms with Crippen molar-refractivity contribution in [3.63, 3.8) is 0 Å². The molecule has 0 radical (unpaired) electrons.